The molecule has 1 aromatic carbocycles. The first-order valence-electron chi connectivity index (χ1n) is 8.22. The largest absolute Gasteiger partial charge is 0.343 e. The minimum absolute atomic E-state index is 0.0172. The Morgan fingerprint density at radius 2 is 1.92 bits per heavy atom. The molecule has 1 N–H and O–H groups in total. The molecule has 1 aliphatic rings. The van der Waals surface area contributed by atoms with E-state index >= 15 is 0 Å². The van der Waals surface area contributed by atoms with E-state index < -0.39 is 0 Å². The zero-order valence-corrected chi connectivity index (χ0v) is 15.3. The third-order valence-corrected chi connectivity index (χ3v) is 5.45. The fraction of sp³-hybridized carbons (Fsp3) is 0.263. The van der Waals surface area contributed by atoms with Crippen LogP contribution in [0.4, 0.5) is 0 Å². The van der Waals surface area contributed by atoms with Crippen molar-refractivity contribution in [2.45, 2.75) is 12.8 Å². The topological polar surface area (TPSA) is 49.4 Å². The summed E-state index contributed by atoms with van der Waals surface area (Å²) in [4.78, 5) is 27.6. The molecule has 2 amide bonds. The van der Waals surface area contributed by atoms with Crippen LogP contribution in [0, 0.1) is 0 Å². The maximum absolute atomic E-state index is 11.9. The quantitative estimate of drug-likeness (QED) is 0.809. The summed E-state index contributed by atoms with van der Waals surface area (Å²) in [5.41, 5.74) is 0.981. The lowest BCUT2D eigenvalue weighted by molar-refractivity contribution is -0.131. The highest BCUT2D eigenvalue weighted by Gasteiger charge is 2.17. The molecule has 2 aromatic rings. The number of rotatable bonds is 5. The van der Waals surface area contributed by atoms with E-state index in [1.54, 1.807) is 22.3 Å². The number of carbonyl (C=O) groups is 2. The Kier molecular flexibility index (Phi) is 5.89. The van der Waals surface area contributed by atoms with Gasteiger partial charge in [-0.3, -0.25) is 9.59 Å². The minimum Gasteiger partial charge on any atom is -0.343 e. The highest BCUT2D eigenvalue weighted by atomic mass is 35.5. The predicted octanol–water partition coefficient (Wildman–Crippen LogP) is 3.82. The monoisotopic (exact) mass is 374 g/mol. The van der Waals surface area contributed by atoms with Crippen LogP contribution in [0.15, 0.2) is 42.5 Å². The number of hydrogen-bond acceptors (Lipinski definition) is 3. The fourth-order valence-electron chi connectivity index (χ4n) is 2.71. The molecule has 1 aliphatic heterocycles. The van der Waals surface area contributed by atoms with Crippen LogP contribution in [0.25, 0.3) is 16.5 Å². The molecule has 3 rings (SSSR count). The first-order chi connectivity index (χ1) is 12.1. The summed E-state index contributed by atoms with van der Waals surface area (Å²) in [7, 11) is 0. The van der Waals surface area contributed by atoms with Crippen LogP contribution >= 0.6 is 22.9 Å². The lowest BCUT2D eigenvalue weighted by Gasteiger charge is -2.14. The van der Waals surface area contributed by atoms with Gasteiger partial charge in [-0.1, -0.05) is 29.8 Å². The molecular formula is C19H19ClN2O2S. The number of carbonyl (C=O) groups excluding carboxylic acids is 2. The van der Waals surface area contributed by atoms with E-state index in [4.69, 9.17) is 11.6 Å². The van der Waals surface area contributed by atoms with Gasteiger partial charge in [0.25, 0.3) is 0 Å². The summed E-state index contributed by atoms with van der Waals surface area (Å²) in [6.45, 7) is 1.65. The summed E-state index contributed by atoms with van der Waals surface area (Å²) in [6.07, 6.45) is 5.30. The molecule has 1 aromatic heterocycles. The van der Waals surface area contributed by atoms with Gasteiger partial charge in [-0.05, 0) is 37.1 Å². The molecule has 0 spiro atoms. The molecule has 0 atom stereocenters. The molecule has 0 aliphatic carbocycles. The van der Waals surface area contributed by atoms with E-state index in [0.29, 0.717) is 5.02 Å². The minimum atomic E-state index is -0.264. The highest BCUT2D eigenvalue weighted by molar-refractivity contribution is 7.16. The van der Waals surface area contributed by atoms with E-state index in [9.17, 15) is 9.59 Å². The van der Waals surface area contributed by atoms with E-state index in [2.05, 4.69) is 5.32 Å². The molecule has 0 unspecified atom stereocenters. The number of hydrogen-bond donors (Lipinski definition) is 1. The maximum Gasteiger partial charge on any atom is 0.244 e. The zero-order chi connectivity index (χ0) is 17.6. The van der Waals surface area contributed by atoms with E-state index in [0.717, 1.165) is 41.2 Å². The Bertz CT molecular complexity index is 794. The summed E-state index contributed by atoms with van der Waals surface area (Å²) in [5.74, 6) is -0.281. The second-order valence-electron chi connectivity index (χ2n) is 5.82. The summed E-state index contributed by atoms with van der Waals surface area (Å²) in [6, 6.07) is 11.6. The van der Waals surface area contributed by atoms with Gasteiger partial charge in [-0.25, -0.2) is 0 Å². The molecule has 4 nitrogen and oxygen atoms in total. The van der Waals surface area contributed by atoms with Crippen LogP contribution in [-0.4, -0.2) is 36.3 Å². The van der Waals surface area contributed by atoms with Crippen LogP contribution in [0.5, 0.6) is 0 Å². The van der Waals surface area contributed by atoms with Crippen molar-refractivity contribution in [2.24, 2.45) is 0 Å². The number of benzene rings is 1. The second-order valence-corrected chi connectivity index (χ2v) is 7.34. The summed E-state index contributed by atoms with van der Waals surface area (Å²) < 4.78 is 0. The molecule has 6 heteroatoms. The van der Waals surface area contributed by atoms with Crippen LogP contribution in [-0.2, 0) is 9.59 Å². The first kappa shape index (κ1) is 17.7. The lowest BCUT2D eigenvalue weighted by Crippen LogP contribution is -2.38. The van der Waals surface area contributed by atoms with Crippen molar-refractivity contribution < 1.29 is 9.59 Å². The average Bonchev–Trinajstić information content (AvgIpc) is 3.30. The summed E-state index contributed by atoms with van der Waals surface area (Å²) in [5, 5.41) is 3.35. The van der Waals surface area contributed by atoms with Crippen LogP contribution < -0.4 is 5.32 Å². The smallest absolute Gasteiger partial charge is 0.244 e. The fourth-order valence-corrected chi connectivity index (χ4v) is 3.95. The number of halogens is 1. The van der Waals surface area contributed by atoms with E-state index in [1.165, 1.54) is 6.08 Å². The number of nitrogens with zero attached hydrogens (tertiary/aromatic N) is 1. The molecule has 2 heterocycles. The first-order valence-corrected chi connectivity index (χ1v) is 9.41. The zero-order valence-electron chi connectivity index (χ0n) is 13.7. The van der Waals surface area contributed by atoms with Crippen molar-refractivity contribution in [3.05, 3.63) is 52.4 Å². The third kappa shape index (κ3) is 4.71. The van der Waals surface area contributed by atoms with Crippen LogP contribution in [0.1, 0.15) is 17.7 Å². The molecule has 130 valence electrons. The SMILES string of the molecule is O=C(/C=C/c1ccc(-c2ccccc2Cl)s1)NCC(=O)N1CCCC1. The average molecular weight is 375 g/mol. The van der Waals surface area contributed by atoms with Crippen molar-refractivity contribution in [3.8, 4) is 10.4 Å². The van der Waals surface area contributed by atoms with Crippen LogP contribution in [0.2, 0.25) is 5.02 Å². The van der Waals surface area contributed by atoms with Gasteiger partial charge in [0.15, 0.2) is 0 Å². The molecule has 1 fully saturated rings. The second kappa shape index (κ2) is 8.32. The molecule has 0 saturated carbocycles. The molecule has 0 radical (unpaired) electrons. The van der Waals surface area contributed by atoms with Crippen molar-refractivity contribution in [3.63, 3.8) is 0 Å². The maximum atomic E-state index is 11.9. The van der Waals surface area contributed by atoms with Gasteiger partial charge in [-0.15, -0.1) is 11.3 Å². The van der Waals surface area contributed by atoms with Gasteiger partial charge < -0.3 is 10.2 Å². The summed E-state index contributed by atoms with van der Waals surface area (Å²) >= 11 is 7.77. The van der Waals surface area contributed by atoms with Gasteiger partial charge in [0.05, 0.1) is 6.54 Å². The number of likely N-dealkylation sites (tertiary alicyclic amines) is 1. The van der Waals surface area contributed by atoms with E-state index in [-0.39, 0.29) is 18.4 Å². The van der Waals surface area contributed by atoms with Crippen molar-refractivity contribution >= 4 is 40.8 Å². The van der Waals surface area contributed by atoms with Crippen molar-refractivity contribution in [1.82, 2.24) is 10.2 Å². The van der Waals surface area contributed by atoms with Gasteiger partial charge in [-0.2, -0.15) is 0 Å². The predicted molar refractivity (Wildman–Crippen MR) is 103 cm³/mol. The van der Waals surface area contributed by atoms with E-state index in [1.807, 2.05) is 36.4 Å². The number of amides is 2. The molecule has 25 heavy (non-hydrogen) atoms. The van der Waals surface area contributed by atoms with Crippen LogP contribution in [0.3, 0.4) is 0 Å². The highest BCUT2D eigenvalue weighted by Crippen LogP contribution is 2.33. The Hall–Kier alpha value is -2.11. The van der Waals surface area contributed by atoms with Gasteiger partial charge in [0, 0.05) is 39.5 Å². The van der Waals surface area contributed by atoms with Gasteiger partial charge in [0.1, 0.15) is 0 Å². The third-order valence-electron chi connectivity index (χ3n) is 4.04. The number of nitrogens with one attached hydrogen (secondary N) is 1. The Morgan fingerprint density at radius 1 is 1.16 bits per heavy atom. The molecule has 1 saturated heterocycles. The normalized spacial score (nSPS) is 14.2. The Balaban J connectivity index is 1.54. The lowest BCUT2D eigenvalue weighted by atomic mass is 10.2. The molecular weight excluding hydrogens is 356 g/mol. The standard InChI is InChI=1S/C19H19ClN2O2S/c20-16-6-2-1-5-15(16)17-9-7-14(25-17)8-10-18(23)21-13-19(24)22-11-3-4-12-22/h1-2,5-10H,3-4,11-13H2,(H,21,23)/b10-8+. The number of thiophene rings is 1. The molecule has 0 bridgehead atoms. The Labute approximate surface area is 156 Å². The van der Waals surface area contributed by atoms with Gasteiger partial charge >= 0.3 is 0 Å². The van der Waals surface area contributed by atoms with Crippen molar-refractivity contribution in [1.29, 1.82) is 0 Å². The Morgan fingerprint density at radius 3 is 2.68 bits per heavy atom. The van der Waals surface area contributed by atoms with Gasteiger partial charge in [0.2, 0.25) is 11.8 Å². The van der Waals surface area contributed by atoms with Crippen molar-refractivity contribution in [2.75, 3.05) is 19.6 Å².